The fraction of sp³-hybridized carbons (Fsp3) is 1.00. The lowest BCUT2D eigenvalue weighted by Crippen LogP contribution is -2.45. The Morgan fingerprint density at radius 1 is 1.27 bits per heavy atom. The van der Waals surface area contributed by atoms with Crippen molar-refractivity contribution >= 4 is 34.5 Å². The molecule has 0 aromatic carbocycles. The second-order valence-corrected chi connectivity index (χ2v) is 6.47. The van der Waals surface area contributed by atoms with Gasteiger partial charge in [0.15, 0.2) is 0 Å². The second-order valence-electron chi connectivity index (χ2n) is 2.90. The molecule has 0 spiro atoms. The maximum atomic E-state index is 5.31. The van der Waals surface area contributed by atoms with Crippen molar-refractivity contribution in [2.75, 3.05) is 25.2 Å². The van der Waals surface area contributed by atoms with Crippen molar-refractivity contribution in [3.63, 3.8) is 0 Å². The highest BCUT2D eigenvalue weighted by molar-refractivity contribution is 9.09. The van der Waals surface area contributed by atoms with E-state index in [4.69, 9.17) is 25.4 Å². The van der Waals surface area contributed by atoms with E-state index in [1.54, 1.807) is 0 Å². The van der Waals surface area contributed by atoms with Gasteiger partial charge in [-0.15, -0.1) is 0 Å². The van der Waals surface area contributed by atoms with E-state index in [-0.39, 0.29) is 5.41 Å². The first-order chi connectivity index (χ1) is 5.18. The first-order valence-corrected chi connectivity index (χ1v) is 6.96. The van der Waals surface area contributed by atoms with E-state index >= 15 is 0 Å². The molecule has 0 amide bonds. The van der Waals surface area contributed by atoms with Gasteiger partial charge in [0, 0.05) is 5.33 Å². The molecule has 0 saturated carbocycles. The van der Waals surface area contributed by atoms with E-state index in [1.165, 1.54) is 0 Å². The van der Waals surface area contributed by atoms with Crippen LogP contribution in [0.3, 0.4) is 0 Å². The van der Waals surface area contributed by atoms with Crippen LogP contribution in [0.15, 0.2) is 0 Å². The van der Waals surface area contributed by atoms with Gasteiger partial charge in [0.25, 0.3) is 0 Å². The van der Waals surface area contributed by atoms with Crippen LogP contribution in [0.4, 0.5) is 0 Å². The maximum Gasteiger partial charge on any atom is 0.327 e. The molecule has 3 aliphatic rings. The van der Waals surface area contributed by atoms with Crippen LogP contribution in [0, 0.1) is 5.41 Å². The molecule has 3 fully saturated rings. The van der Waals surface area contributed by atoms with E-state index in [9.17, 15) is 0 Å². The van der Waals surface area contributed by atoms with Crippen molar-refractivity contribution in [2.45, 2.75) is 0 Å². The highest BCUT2D eigenvalue weighted by Gasteiger charge is 2.46. The minimum atomic E-state index is -2.27. The zero-order valence-electron chi connectivity index (χ0n) is 5.79. The molecule has 3 nitrogen and oxygen atoms in total. The molecular weight excluding hydrogens is 251 g/mol. The highest BCUT2D eigenvalue weighted by atomic mass is 79.9. The summed E-state index contributed by atoms with van der Waals surface area (Å²) in [7, 11) is 0. The normalized spacial score (nSPS) is 49.5. The van der Waals surface area contributed by atoms with Crippen molar-refractivity contribution in [2.24, 2.45) is 5.41 Å². The summed E-state index contributed by atoms with van der Waals surface area (Å²) in [4.78, 5) is 0. The smallest absolute Gasteiger partial charge is 0.308 e. The first-order valence-electron chi connectivity index (χ1n) is 3.28. The molecule has 3 aliphatic heterocycles. The molecule has 3 heterocycles. The molecule has 0 atom stereocenters. The summed E-state index contributed by atoms with van der Waals surface area (Å²) < 4.78 is 15.9. The third-order valence-corrected chi connectivity index (χ3v) is 5.34. The zero-order valence-corrected chi connectivity index (χ0v) is 9.08. The predicted molar refractivity (Wildman–Crippen MR) is 48.4 cm³/mol. The van der Waals surface area contributed by atoms with Gasteiger partial charge in [-0.25, -0.2) is 0 Å². The molecule has 6 heteroatoms. The van der Waals surface area contributed by atoms with Gasteiger partial charge in [-0.1, -0.05) is 15.9 Å². The van der Waals surface area contributed by atoms with Gasteiger partial charge in [0.05, 0.1) is 25.2 Å². The third kappa shape index (κ3) is 1.43. The summed E-state index contributed by atoms with van der Waals surface area (Å²) >= 11 is 8.43. The first kappa shape index (κ1) is 8.60. The van der Waals surface area contributed by atoms with Crippen LogP contribution in [0.5, 0.6) is 0 Å². The van der Waals surface area contributed by atoms with Gasteiger partial charge in [0.1, 0.15) is 0 Å². The van der Waals surface area contributed by atoms with Crippen LogP contribution < -0.4 is 0 Å². The summed E-state index contributed by atoms with van der Waals surface area (Å²) in [5, 5.41) is 0.843. The lowest BCUT2D eigenvalue weighted by atomic mass is 9.94. The molecule has 0 aliphatic carbocycles. The Kier molecular flexibility index (Phi) is 2.15. The maximum absolute atomic E-state index is 5.31. The van der Waals surface area contributed by atoms with E-state index in [0.717, 1.165) is 5.33 Å². The van der Waals surface area contributed by atoms with Gasteiger partial charge in [0.2, 0.25) is 0 Å². The molecule has 11 heavy (non-hydrogen) atoms. The molecule has 2 bridgehead atoms. The fourth-order valence-electron chi connectivity index (χ4n) is 1.00. The van der Waals surface area contributed by atoms with E-state index in [1.807, 2.05) is 0 Å². The second kappa shape index (κ2) is 2.76. The minimum absolute atomic E-state index is 0.0144. The van der Waals surface area contributed by atoms with E-state index in [0.29, 0.717) is 19.8 Å². The average Bonchev–Trinajstić information content (AvgIpc) is 2.07. The van der Waals surface area contributed by atoms with Gasteiger partial charge < -0.3 is 13.6 Å². The van der Waals surface area contributed by atoms with E-state index in [2.05, 4.69) is 15.9 Å². The lowest BCUT2D eigenvalue weighted by Gasteiger charge is -2.45. The summed E-state index contributed by atoms with van der Waals surface area (Å²) in [6.07, 6.45) is 0. The number of halogens is 1. The summed E-state index contributed by atoms with van der Waals surface area (Å²) in [6, 6.07) is 0. The molecule has 0 aromatic heterocycles. The molecule has 3 rings (SSSR count). The van der Waals surface area contributed by atoms with Crippen LogP contribution in [0.1, 0.15) is 0 Å². The van der Waals surface area contributed by atoms with Crippen molar-refractivity contribution in [1.29, 1.82) is 0 Å². The van der Waals surface area contributed by atoms with E-state index < -0.39 is 6.72 Å². The SMILES string of the molecule is S=P12OCC(CBr)(CO1)CO2. The van der Waals surface area contributed by atoms with Gasteiger partial charge in [-0.05, 0) is 11.8 Å². The Morgan fingerprint density at radius 2 is 1.73 bits per heavy atom. The number of hydrogen-bond donors (Lipinski definition) is 0. The monoisotopic (exact) mass is 258 g/mol. The number of rotatable bonds is 1. The number of alkyl halides is 1. The molecule has 0 unspecified atom stereocenters. The zero-order chi connectivity index (χ0) is 7.95. The Morgan fingerprint density at radius 3 is 2.09 bits per heavy atom. The summed E-state index contributed by atoms with van der Waals surface area (Å²) in [5.74, 6) is 0. The third-order valence-electron chi connectivity index (χ3n) is 1.87. The van der Waals surface area contributed by atoms with Crippen LogP contribution in [0.25, 0.3) is 0 Å². The Hall–Kier alpha value is 1.01. The van der Waals surface area contributed by atoms with Crippen molar-refractivity contribution < 1.29 is 13.6 Å². The van der Waals surface area contributed by atoms with Crippen LogP contribution in [0.2, 0.25) is 0 Å². The Labute approximate surface area is 78.8 Å². The van der Waals surface area contributed by atoms with Crippen molar-refractivity contribution in [3.05, 3.63) is 0 Å². The predicted octanol–water partition coefficient (Wildman–Crippen LogP) is 1.67. The minimum Gasteiger partial charge on any atom is -0.308 e. The van der Waals surface area contributed by atoms with Crippen LogP contribution in [-0.2, 0) is 25.4 Å². The summed E-state index contributed by atoms with van der Waals surface area (Å²) in [5.41, 5.74) is 0.0144. The lowest BCUT2D eigenvalue weighted by molar-refractivity contribution is -0.0605. The molecule has 0 radical (unpaired) electrons. The largest absolute Gasteiger partial charge is 0.327 e. The topological polar surface area (TPSA) is 27.7 Å². The Bertz CT molecular complexity index is 190. The average molecular weight is 259 g/mol. The van der Waals surface area contributed by atoms with Crippen LogP contribution in [-0.4, -0.2) is 25.2 Å². The van der Waals surface area contributed by atoms with Gasteiger partial charge >= 0.3 is 6.72 Å². The standard InChI is InChI=1S/C5H8BrO3PS/c6-1-5-2-7-10(11,8-3-5)9-4-5/h1-4H2. The quantitative estimate of drug-likeness (QED) is 0.529. The van der Waals surface area contributed by atoms with Gasteiger partial charge in [-0.2, -0.15) is 0 Å². The summed E-state index contributed by atoms with van der Waals surface area (Å²) in [6.45, 7) is -0.243. The Balaban J connectivity index is 2.18. The number of hydrogen-bond acceptors (Lipinski definition) is 4. The molecular formula is C5H8BrO3PS. The van der Waals surface area contributed by atoms with Crippen LogP contribution >= 0.6 is 22.6 Å². The van der Waals surface area contributed by atoms with Gasteiger partial charge in [-0.3, -0.25) is 0 Å². The van der Waals surface area contributed by atoms with Crippen molar-refractivity contribution in [3.8, 4) is 0 Å². The highest BCUT2D eigenvalue weighted by Crippen LogP contribution is 2.60. The molecule has 0 N–H and O–H groups in total. The molecule has 3 saturated heterocycles. The molecule has 64 valence electrons. The van der Waals surface area contributed by atoms with Crippen molar-refractivity contribution in [1.82, 2.24) is 0 Å². The fourth-order valence-corrected chi connectivity index (χ4v) is 3.48. The molecule has 0 aromatic rings. The number of fused-ring (bicyclic) bond motifs is 3.